The maximum Gasteiger partial charge on any atom is 0.352 e. The number of hydrogen-bond acceptors (Lipinski definition) is 3. The highest BCUT2D eigenvalue weighted by Crippen LogP contribution is 2.00. The molecule has 0 spiro atoms. The summed E-state index contributed by atoms with van der Waals surface area (Å²) in [5, 5.41) is 19.0. The van der Waals surface area contributed by atoms with Crippen LogP contribution in [0.5, 0.6) is 0 Å². The zero-order valence-corrected chi connectivity index (χ0v) is 9.02. The van der Waals surface area contributed by atoms with Crippen molar-refractivity contribution in [3.8, 4) is 0 Å². The van der Waals surface area contributed by atoms with E-state index in [9.17, 15) is 14.4 Å². The predicted molar refractivity (Wildman–Crippen MR) is 55.6 cm³/mol. The van der Waals surface area contributed by atoms with E-state index in [0.29, 0.717) is 12.5 Å². The SMILES string of the molecule is CCCCCC(=O)N/C(=C/C(=O)O)C(=O)O. The Morgan fingerprint density at radius 1 is 1.19 bits per heavy atom. The van der Waals surface area contributed by atoms with Gasteiger partial charge in [-0.3, -0.25) is 4.79 Å². The first-order valence-corrected chi connectivity index (χ1v) is 4.95. The Hall–Kier alpha value is -1.85. The van der Waals surface area contributed by atoms with E-state index in [1.807, 2.05) is 12.2 Å². The molecule has 0 bridgehead atoms. The number of nitrogens with one attached hydrogen (secondary N) is 1. The highest BCUT2D eigenvalue weighted by molar-refractivity contribution is 5.98. The van der Waals surface area contributed by atoms with Gasteiger partial charge in [-0.2, -0.15) is 0 Å². The molecular formula is C10H15NO5. The molecule has 6 nitrogen and oxygen atoms in total. The molecule has 0 aliphatic heterocycles. The smallest absolute Gasteiger partial charge is 0.352 e. The van der Waals surface area contributed by atoms with Gasteiger partial charge in [0.05, 0.1) is 6.08 Å². The van der Waals surface area contributed by atoms with Gasteiger partial charge in [-0.1, -0.05) is 19.8 Å². The summed E-state index contributed by atoms with van der Waals surface area (Å²) < 4.78 is 0. The molecule has 0 radical (unpaired) electrons. The molecule has 0 heterocycles. The molecule has 0 saturated carbocycles. The second-order valence-electron chi connectivity index (χ2n) is 3.21. The van der Waals surface area contributed by atoms with E-state index >= 15 is 0 Å². The summed E-state index contributed by atoms with van der Waals surface area (Å²) in [6.45, 7) is 1.98. The van der Waals surface area contributed by atoms with Crippen molar-refractivity contribution < 1.29 is 24.6 Å². The van der Waals surface area contributed by atoms with Gasteiger partial charge in [0.1, 0.15) is 5.70 Å². The fraction of sp³-hybridized carbons (Fsp3) is 0.500. The van der Waals surface area contributed by atoms with Gasteiger partial charge in [-0.25, -0.2) is 9.59 Å². The lowest BCUT2D eigenvalue weighted by molar-refractivity contribution is -0.136. The summed E-state index contributed by atoms with van der Waals surface area (Å²) in [6.07, 6.45) is 3.13. The van der Waals surface area contributed by atoms with Crippen LogP contribution >= 0.6 is 0 Å². The molecule has 0 aliphatic rings. The molecule has 0 fully saturated rings. The Bertz CT molecular complexity index is 308. The first-order valence-electron chi connectivity index (χ1n) is 4.95. The van der Waals surface area contributed by atoms with Crippen LogP contribution in [-0.4, -0.2) is 28.1 Å². The standard InChI is InChI=1S/C10H15NO5/c1-2-3-4-5-8(12)11-7(10(15)16)6-9(13)14/h6H,2-5H2,1H3,(H,11,12)(H,13,14)(H,15,16)/b7-6+. The Balaban J connectivity index is 4.25. The maximum absolute atomic E-state index is 11.2. The monoisotopic (exact) mass is 229 g/mol. The summed E-state index contributed by atoms with van der Waals surface area (Å²) in [5.41, 5.74) is -0.617. The minimum absolute atomic E-state index is 0.193. The number of rotatable bonds is 7. The maximum atomic E-state index is 11.2. The summed E-state index contributed by atoms with van der Waals surface area (Å²) in [4.78, 5) is 32.0. The number of carbonyl (C=O) groups is 3. The van der Waals surface area contributed by atoms with E-state index in [2.05, 4.69) is 0 Å². The van der Waals surface area contributed by atoms with Crippen molar-refractivity contribution in [1.29, 1.82) is 0 Å². The Morgan fingerprint density at radius 3 is 2.25 bits per heavy atom. The zero-order valence-electron chi connectivity index (χ0n) is 9.02. The molecule has 0 aromatic heterocycles. The van der Waals surface area contributed by atoms with E-state index in [4.69, 9.17) is 10.2 Å². The van der Waals surface area contributed by atoms with E-state index in [-0.39, 0.29) is 6.42 Å². The molecule has 6 heteroatoms. The highest BCUT2D eigenvalue weighted by Gasteiger charge is 2.12. The van der Waals surface area contributed by atoms with Crippen LogP contribution in [0.15, 0.2) is 11.8 Å². The third kappa shape index (κ3) is 6.58. The van der Waals surface area contributed by atoms with Crippen LogP contribution in [0.25, 0.3) is 0 Å². The second kappa shape index (κ2) is 7.44. The fourth-order valence-electron chi connectivity index (χ4n) is 1.02. The molecule has 90 valence electrons. The van der Waals surface area contributed by atoms with E-state index in [0.717, 1.165) is 12.8 Å². The van der Waals surface area contributed by atoms with Crippen LogP contribution in [0.4, 0.5) is 0 Å². The van der Waals surface area contributed by atoms with Crippen molar-refractivity contribution in [3.05, 3.63) is 11.8 Å². The minimum Gasteiger partial charge on any atom is -0.478 e. The Labute approximate surface area is 93.0 Å². The normalized spacial score (nSPS) is 10.9. The van der Waals surface area contributed by atoms with Crippen molar-refractivity contribution in [3.63, 3.8) is 0 Å². The van der Waals surface area contributed by atoms with Crippen LogP contribution in [0.2, 0.25) is 0 Å². The third-order valence-corrected chi connectivity index (χ3v) is 1.78. The molecule has 0 saturated heterocycles. The lowest BCUT2D eigenvalue weighted by Crippen LogP contribution is -2.27. The minimum atomic E-state index is -1.47. The third-order valence-electron chi connectivity index (χ3n) is 1.78. The molecule has 0 rings (SSSR count). The topological polar surface area (TPSA) is 104 Å². The van der Waals surface area contributed by atoms with E-state index in [1.165, 1.54) is 0 Å². The number of hydrogen-bond donors (Lipinski definition) is 3. The number of amides is 1. The van der Waals surface area contributed by atoms with Crippen molar-refractivity contribution >= 4 is 17.8 Å². The van der Waals surface area contributed by atoms with E-state index in [1.54, 1.807) is 0 Å². The van der Waals surface area contributed by atoms with Crippen molar-refractivity contribution in [2.75, 3.05) is 0 Å². The zero-order chi connectivity index (χ0) is 12.6. The molecule has 16 heavy (non-hydrogen) atoms. The van der Waals surface area contributed by atoms with E-state index < -0.39 is 23.5 Å². The summed E-state index contributed by atoms with van der Waals surface area (Å²) in [7, 11) is 0. The van der Waals surface area contributed by atoms with Crippen LogP contribution < -0.4 is 5.32 Å². The van der Waals surface area contributed by atoms with Crippen LogP contribution in [0, 0.1) is 0 Å². The molecule has 0 aromatic carbocycles. The Morgan fingerprint density at radius 2 is 1.81 bits per heavy atom. The number of carbonyl (C=O) groups excluding carboxylic acids is 1. The van der Waals surface area contributed by atoms with Crippen molar-refractivity contribution in [1.82, 2.24) is 5.32 Å². The largest absolute Gasteiger partial charge is 0.478 e. The van der Waals surface area contributed by atoms with Gasteiger partial charge in [-0.15, -0.1) is 0 Å². The van der Waals surface area contributed by atoms with Gasteiger partial charge < -0.3 is 15.5 Å². The molecule has 0 aliphatic carbocycles. The van der Waals surface area contributed by atoms with Crippen molar-refractivity contribution in [2.45, 2.75) is 32.6 Å². The highest BCUT2D eigenvalue weighted by atomic mass is 16.4. The van der Waals surface area contributed by atoms with Gasteiger partial charge in [0.25, 0.3) is 0 Å². The van der Waals surface area contributed by atoms with Gasteiger partial charge in [-0.05, 0) is 6.42 Å². The average Bonchev–Trinajstić information content (AvgIpc) is 2.16. The lowest BCUT2D eigenvalue weighted by Gasteiger charge is -2.04. The molecule has 0 aromatic rings. The van der Waals surface area contributed by atoms with Crippen molar-refractivity contribution in [2.24, 2.45) is 0 Å². The fourth-order valence-corrected chi connectivity index (χ4v) is 1.02. The number of aliphatic carboxylic acids is 2. The molecule has 3 N–H and O–H groups in total. The van der Waals surface area contributed by atoms with Gasteiger partial charge >= 0.3 is 11.9 Å². The van der Waals surface area contributed by atoms with Gasteiger partial charge in [0.2, 0.25) is 5.91 Å². The summed E-state index contributed by atoms with van der Waals surface area (Å²) in [5.74, 6) is -3.36. The number of carboxylic acid groups (broad SMARTS) is 2. The first-order chi connectivity index (χ1) is 7.47. The summed E-state index contributed by atoms with van der Waals surface area (Å²) in [6, 6.07) is 0. The van der Waals surface area contributed by atoms with Crippen LogP contribution in [0.3, 0.4) is 0 Å². The molecule has 0 unspecified atom stereocenters. The summed E-state index contributed by atoms with van der Waals surface area (Å²) >= 11 is 0. The molecule has 1 amide bonds. The first kappa shape index (κ1) is 14.2. The van der Waals surface area contributed by atoms with Crippen LogP contribution in [0.1, 0.15) is 32.6 Å². The molecule has 0 atom stereocenters. The number of unbranched alkanes of at least 4 members (excludes halogenated alkanes) is 2. The predicted octanol–water partition coefficient (Wildman–Crippen LogP) is 0.736. The van der Waals surface area contributed by atoms with Gasteiger partial charge in [0.15, 0.2) is 0 Å². The lowest BCUT2D eigenvalue weighted by atomic mass is 10.2. The molecular weight excluding hydrogens is 214 g/mol. The average molecular weight is 229 g/mol. The quantitative estimate of drug-likeness (QED) is 0.441. The number of carboxylic acids is 2. The van der Waals surface area contributed by atoms with Gasteiger partial charge in [0, 0.05) is 6.42 Å². The van der Waals surface area contributed by atoms with Crippen LogP contribution in [-0.2, 0) is 14.4 Å². The Kier molecular flexibility index (Phi) is 6.58. The second-order valence-corrected chi connectivity index (χ2v) is 3.21.